The van der Waals surface area contributed by atoms with Gasteiger partial charge >= 0.3 is 0 Å². The van der Waals surface area contributed by atoms with E-state index in [4.69, 9.17) is 17.0 Å². The highest BCUT2D eigenvalue weighted by atomic mass is 79.9. The Kier molecular flexibility index (Phi) is 7.86. The van der Waals surface area contributed by atoms with Gasteiger partial charge in [0.15, 0.2) is 5.11 Å². The van der Waals surface area contributed by atoms with Crippen molar-refractivity contribution in [1.29, 1.82) is 0 Å². The standard InChI is InChI=1S/C22H25BrN2O2S/c23-18-8-4-7-17(15-18)21(26)25-22(28)24-19-9-11-20(12-10-19)27-14-13-16-5-2-1-3-6-16/h4,7-12,15-16H,1-3,5-6,13-14H2,(H2,24,25,26,28). The number of thiocarbonyl (C=S) groups is 1. The quantitative estimate of drug-likeness (QED) is 0.524. The number of halogens is 1. The highest BCUT2D eigenvalue weighted by Gasteiger charge is 2.13. The van der Waals surface area contributed by atoms with E-state index in [1.807, 2.05) is 36.4 Å². The SMILES string of the molecule is O=C(NC(=S)Nc1ccc(OCCC2CCCCC2)cc1)c1cccc(Br)c1. The molecule has 1 aliphatic carbocycles. The molecule has 3 rings (SSSR count). The Morgan fingerprint density at radius 2 is 1.86 bits per heavy atom. The first-order chi connectivity index (χ1) is 13.6. The highest BCUT2D eigenvalue weighted by Crippen LogP contribution is 2.26. The molecule has 0 radical (unpaired) electrons. The Labute approximate surface area is 180 Å². The van der Waals surface area contributed by atoms with E-state index in [9.17, 15) is 4.79 Å². The molecule has 1 aliphatic rings. The first-order valence-corrected chi connectivity index (χ1v) is 10.9. The van der Waals surface area contributed by atoms with E-state index >= 15 is 0 Å². The zero-order valence-electron chi connectivity index (χ0n) is 15.7. The van der Waals surface area contributed by atoms with Crippen LogP contribution in [0.2, 0.25) is 0 Å². The molecule has 0 spiro atoms. The van der Waals surface area contributed by atoms with Crippen LogP contribution >= 0.6 is 28.1 Å². The zero-order chi connectivity index (χ0) is 19.8. The molecule has 0 unspecified atom stereocenters. The molecule has 0 aliphatic heterocycles. The van der Waals surface area contributed by atoms with Gasteiger partial charge in [0.05, 0.1) is 6.61 Å². The van der Waals surface area contributed by atoms with Crippen LogP contribution in [0.4, 0.5) is 5.69 Å². The van der Waals surface area contributed by atoms with Crippen LogP contribution in [0.5, 0.6) is 5.75 Å². The molecule has 2 aromatic rings. The average Bonchev–Trinajstić information content (AvgIpc) is 2.70. The Hall–Kier alpha value is -1.92. The molecule has 2 N–H and O–H groups in total. The van der Waals surface area contributed by atoms with Gasteiger partial charge in [-0.15, -0.1) is 0 Å². The van der Waals surface area contributed by atoms with Crippen LogP contribution in [0.25, 0.3) is 0 Å². The number of carbonyl (C=O) groups is 1. The maximum Gasteiger partial charge on any atom is 0.257 e. The van der Waals surface area contributed by atoms with Crippen molar-refractivity contribution in [3.05, 3.63) is 58.6 Å². The molecule has 1 amide bonds. The van der Waals surface area contributed by atoms with Crippen molar-refractivity contribution in [2.45, 2.75) is 38.5 Å². The number of rotatable bonds is 6. The highest BCUT2D eigenvalue weighted by molar-refractivity contribution is 9.10. The number of benzene rings is 2. The van der Waals surface area contributed by atoms with Crippen molar-refractivity contribution in [3.8, 4) is 5.75 Å². The van der Waals surface area contributed by atoms with Gasteiger partial charge in [-0.2, -0.15) is 0 Å². The van der Waals surface area contributed by atoms with Gasteiger partial charge in [0.25, 0.3) is 5.91 Å². The summed E-state index contributed by atoms with van der Waals surface area (Å²) in [4.78, 5) is 12.2. The lowest BCUT2D eigenvalue weighted by molar-refractivity contribution is 0.0977. The van der Waals surface area contributed by atoms with E-state index in [0.29, 0.717) is 5.56 Å². The molecule has 2 aromatic carbocycles. The number of hydrogen-bond acceptors (Lipinski definition) is 3. The summed E-state index contributed by atoms with van der Waals surface area (Å²) in [5, 5.41) is 5.97. The Morgan fingerprint density at radius 1 is 1.11 bits per heavy atom. The lowest BCUT2D eigenvalue weighted by atomic mass is 9.87. The van der Waals surface area contributed by atoms with Crippen LogP contribution in [-0.2, 0) is 0 Å². The maximum absolute atomic E-state index is 12.2. The van der Waals surface area contributed by atoms with Gasteiger partial charge in [-0.1, -0.05) is 54.1 Å². The van der Waals surface area contributed by atoms with Crippen LogP contribution in [-0.4, -0.2) is 17.6 Å². The maximum atomic E-state index is 12.2. The smallest absolute Gasteiger partial charge is 0.257 e. The predicted octanol–water partition coefficient (Wildman–Crippen LogP) is 5.93. The third-order valence-corrected chi connectivity index (χ3v) is 5.64. The predicted molar refractivity (Wildman–Crippen MR) is 121 cm³/mol. The molecule has 148 valence electrons. The Bertz CT molecular complexity index is 804. The number of hydrogen-bond donors (Lipinski definition) is 2. The van der Waals surface area contributed by atoms with E-state index in [0.717, 1.165) is 34.9 Å². The van der Waals surface area contributed by atoms with Crippen LogP contribution in [0, 0.1) is 5.92 Å². The van der Waals surface area contributed by atoms with Crippen molar-refractivity contribution >= 4 is 44.9 Å². The second-order valence-electron chi connectivity index (χ2n) is 7.08. The summed E-state index contributed by atoms with van der Waals surface area (Å²) in [6.45, 7) is 0.762. The van der Waals surface area contributed by atoms with Crippen molar-refractivity contribution in [1.82, 2.24) is 5.32 Å². The number of carbonyl (C=O) groups excluding carboxylic acids is 1. The second-order valence-corrected chi connectivity index (χ2v) is 8.41. The fraction of sp³-hybridized carbons (Fsp3) is 0.364. The molecule has 0 bridgehead atoms. The topological polar surface area (TPSA) is 50.4 Å². The normalized spacial score (nSPS) is 14.3. The number of ether oxygens (including phenoxy) is 1. The summed E-state index contributed by atoms with van der Waals surface area (Å²) < 4.78 is 6.71. The van der Waals surface area contributed by atoms with Crippen LogP contribution < -0.4 is 15.4 Å². The summed E-state index contributed by atoms with van der Waals surface area (Å²) in [6, 6.07) is 14.8. The van der Waals surface area contributed by atoms with Crippen LogP contribution in [0.3, 0.4) is 0 Å². The number of nitrogens with one attached hydrogen (secondary N) is 2. The van der Waals surface area contributed by atoms with Gasteiger partial charge in [-0.25, -0.2) is 0 Å². The molecular weight excluding hydrogens is 436 g/mol. The number of anilines is 1. The van der Waals surface area contributed by atoms with E-state index in [1.54, 1.807) is 12.1 Å². The second kappa shape index (κ2) is 10.6. The molecule has 6 heteroatoms. The van der Waals surface area contributed by atoms with Crippen molar-refractivity contribution in [3.63, 3.8) is 0 Å². The van der Waals surface area contributed by atoms with Gasteiger partial charge in [0.2, 0.25) is 0 Å². The minimum Gasteiger partial charge on any atom is -0.494 e. The molecule has 0 heterocycles. The fourth-order valence-electron chi connectivity index (χ4n) is 3.42. The third kappa shape index (κ3) is 6.60. The molecular formula is C22H25BrN2O2S. The number of amides is 1. The summed E-state index contributed by atoms with van der Waals surface area (Å²) in [5.74, 6) is 1.42. The van der Waals surface area contributed by atoms with E-state index in [2.05, 4.69) is 26.6 Å². The molecule has 28 heavy (non-hydrogen) atoms. The first-order valence-electron chi connectivity index (χ1n) is 9.71. The van der Waals surface area contributed by atoms with E-state index in [-0.39, 0.29) is 11.0 Å². The summed E-state index contributed by atoms with van der Waals surface area (Å²) in [6.07, 6.45) is 7.93. The van der Waals surface area contributed by atoms with Gasteiger partial charge in [-0.05, 0) is 67.0 Å². The van der Waals surface area contributed by atoms with E-state index in [1.165, 1.54) is 32.1 Å². The minimum absolute atomic E-state index is 0.249. The van der Waals surface area contributed by atoms with Crippen LogP contribution in [0.15, 0.2) is 53.0 Å². The minimum atomic E-state index is -0.249. The monoisotopic (exact) mass is 460 g/mol. The lowest BCUT2D eigenvalue weighted by Gasteiger charge is -2.21. The van der Waals surface area contributed by atoms with Gasteiger partial charge < -0.3 is 10.1 Å². The first kappa shape index (κ1) is 20.8. The third-order valence-electron chi connectivity index (χ3n) is 4.95. The molecule has 1 saturated carbocycles. The Morgan fingerprint density at radius 3 is 2.57 bits per heavy atom. The van der Waals surface area contributed by atoms with E-state index < -0.39 is 0 Å². The molecule has 0 saturated heterocycles. The van der Waals surface area contributed by atoms with Crippen molar-refractivity contribution < 1.29 is 9.53 Å². The van der Waals surface area contributed by atoms with Crippen molar-refractivity contribution in [2.24, 2.45) is 5.92 Å². The summed E-state index contributed by atoms with van der Waals surface area (Å²) >= 11 is 8.59. The average molecular weight is 461 g/mol. The zero-order valence-corrected chi connectivity index (χ0v) is 18.2. The van der Waals surface area contributed by atoms with Crippen LogP contribution in [0.1, 0.15) is 48.9 Å². The van der Waals surface area contributed by atoms with Crippen molar-refractivity contribution in [2.75, 3.05) is 11.9 Å². The fourth-order valence-corrected chi connectivity index (χ4v) is 4.03. The van der Waals surface area contributed by atoms with Gasteiger partial charge in [0, 0.05) is 15.7 Å². The summed E-state index contributed by atoms with van der Waals surface area (Å²) in [7, 11) is 0. The molecule has 0 aromatic heterocycles. The van der Waals surface area contributed by atoms with Gasteiger partial charge in [-0.3, -0.25) is 10.1 Å². The molecule has 1 fully saturated rings. The summed E-state index contributed by atoms with van der Waals surface area (Å²) in [5.41, 5.74) is 1.35. The largest absolute Gasteiger partial charge is 0.494 e. The molecule has 0 atom stereocenters. The lowest BCUT2D eigenvalue weighted by Crippen LogP contribution is -2.34. The molecule has 4 nitrogen and oxygen atoms in total. The van der Waals surface area contributed by atoms with Gasteiger partial charge in [0.1, 0.15) is 5.75 Å². The Balaban J connectivity index is 1.43.